The van der Waals surface area contributed by atoms with Gasteiger partial charge in [0, 0.05) is 30.2 Å². The van der Waals surface area contributed by atoms with Crippen LogP contribution in [0.1, 0.15) is 16.7 Å². The number of benzene rings is 2. The number of anilines is 1. The maximum absolute atomic E-state index is 12.8. The number of nitrogens with one attached hydrogen (secondary N) is 1. The molecule has 1 aromatic heterocycles. The molecule has 5 nitrogen and oxygen atoms in total. The summed E-state index contributed by atoms with van der Waals surface area (Å²) in [5.74, 6) is 1.09. The molecule has 25 heavy (non-hydrogen) atoms. The van der Waals surface area contributed by atoms with Gasteiger partial charge in [0.1, 0.15) is 5.75 Å². The van der Waals surface area contributed by atoms with E-state index in [4.69, 9.17) is 4.74 Å². The van der Waals surface area contributed by atoms with Crippen molar-refractivity contribution in [1.82, 2.24) is 9.55 Å². The number of ether oxygens (including phenoxy) is 1. The van der Waals surface area contributed by atoms with Gasteiger partial charge in [-0.3, -0.25) is 9.36 Å². The zero-order valence-electron chi connectivity index (χ0n) is 14.6. The van der Waals surface area contributed by atoms with Crippen LogP contribution in [0, 0.1) is 13.8 Å². The summed E-state index contributed by atoms with van der Waals surface area (Å²) in [6, 6.07) is 13.7. The van der Waals surface area contributed by atoms with Gasteiger partial charge in [0.05, 0.1) is 7.11 Å². The smallest absolute Gasteiger partial charge is 0.297 e. The molecule has 3 aromatic rings. The molecule has 0 amide bonds. The molecule has 5 heteroatoms. The largest absolute Gasteiger partial charge is 0.496 e. The molecule has 0 aliphatic carbocycles. The molecular formula is C20H21N3O2. The molecule has 3 rings (SSSR count). The SMILES string of the molecule is COc1ccccc1CNc1nccn(-c2cc(C)cc(C)c2)c1=O. The van der Waals surface area contributed by atoms with Crippen molar-refractivity contribution < 1.29 is 4.74 Å². The third-order valence-corrected chi connectivity index (χ3v) is 3.96. The number of nitrogens with zero attached hydrogens (tertiary/aromatic N) is 2. The molecule has 0 radical (unpaired) electrons. The summed E-state index contributed by atoms with van der Waals surface area (Å²) >= 11 is 0. The third-order valence-electron chi connectivity index (χ3n) is 3.96. The van der Waals surface area contributed by atoms with Crippen LogP contribution in [0.5, 0.6) is 5.75 Å². The molecule has 1 heterocycles. The molecular weight excluding hydrogens is 314 g/mol. The standard InChI is InChI=1S/C20H21N3O2/c1-14-10-15(2)12-17(11-14)23-9-8-21-19(20(23)24)22-13-16-6-4-5-7-18(16)25-3/h4-12H,13H2,1-3H3,(H,21,22). The lowest BCUT2D eigenvalue weighted by Gasteiger charge is -2.12. The number of aryl methyl sites for hydroxylation is 2. The van der Waals surface area contributed by atoms with E-state index in [-0.39, 0.29) is 5.56 Å². The summed E-state index contributed by atoms with van der Waals surface area (Å²) in [7, 11) is 1.63. The maximum Gasteiger partial charge on any atom is 0.297 e. The van der Waals surface area contributed by atoms with Crippen molar-refractivity contribution in [2.24, 2.45) is 0 Å². The van der Waals surface area contributed by atoms with E-state index >= 15 is 0 Å². The molecule has 0 saturated carbocycles. The summed E-state index contributed by atoms with van der Waals surface area (Å²) in [5, 5.41) is 3.12. The van der Waals surface area contributed by atoms with Gasteiger partial charge in [-0.05, 0) is 43.2 Å². The quantitative estimate of drug-likeness (QED) is 0.776. The van der Waals surface area contributed by atoms with Crippen LogP contribution in [0.4, 0.5) is 5.82 Å². The van der Waals surface area contributed by atoms with Crippen LogP contribution >= 0.6 is 0 Å². The van der Waals surface area contributed by atoms with Crippen molar-refractivity contribution in [1.29, 1.82) is 0 Å². The monoisotopic (exact) mass is 335 g/mol. The van der Waals surface area contributed by atoms with Crippen LogP contribution in [-0.2, 0) is 6.54 Å². The minimum atomic E-state index is -0.178. The Morgan fingerprint density at radius 2 is 1.84 bits per heavy atom. The molecule has 0 atom stereocenters. The molecule has 0 unspecified atom stereocenters. The zero-order chi connectivity index (χ0) is 17.8. The van der Waals surface area contributed by atoms with Crippen LogP contribution in [0.25, 0.3) is 5.69 Å². The van der Waals surface area contributed by atoms with Crippen molar-refractivity contribution in [2.45, 2.75) is 20.4 Å². The Labute approximate surface area is 146 Å². The summed E-state index contributed by atoms with van der Waals surface area (Å²) in [5.41, 5.74) is 3.85. The number of aromatic nitrogens is 2. The molecule has 128 valence electrons. The average Bonchev–Trinajstić information content (AvgIpc) is 2.60. The van der Waals surface area contributed by atoms with Crippen molar-refractivity contribution in [3.05, 3.63) is 81.9 Å². The lowest BCUT2D eigenvalue weighted by molar-refractivity contribution is 0.410. The number of hydrogen-bond acceptors (Lipinski definition) is 4. The Bertz CT molecular complexity index is 927. The van der Waals surface area contributed by atoms with E-state index in [1.54, 1.807) is 24.1 Å². The first kappa shape index (κ1) is 16.8. The van der Waals surface area contributed by atoms with Gasteiger partial charge in [-0.25, -0.2) is 4.98 Å². The van der Waals surface area contributed by atoms with Gasteiger partial charge in [-0.2, -0.15) is 0 Å². The molecule has 0 aliphatic heterocycles. The zero-order valence-corrected chi connectivity index (χ0v) is 14.6. The number of para-hydroxylation sites is 1. The summed E-state index contributed by atoms with van der Waals surface area (Å²) in [6.07, 6.45) is 3.31. The highest BCUT2D eigenvalue weighted by Gasteiger charge is 2.08. The molecule has 0 spiro atoms. The predicted molar refractivity (Wildman–Crippen MR) is 99.6 cm³/mol. The van der Waals surface area contributed by atoms with E-state index in [2.05, 4.69) is 16.4 Å². The lowest BCUT2D eigenvalue weighted by Crippen LogP contribution is -2.23. The molecule has 0 bridgehead atoms. The summed E-state index contributed by atoms with van der Waals surface area (Å²) in [4.78, 5) is 17.0. The van der Waals surface area contributed by atoms with Gasteiger partial charge >= 0.3 is 0 Å². The van der Waals surface area contributed by atoms with Crippen LogP contribution < -0.4 is 15.6 Å². The van der Waals surface area contributed by atoms with Crippen molar-refractivity contribution in [3.63, 3.8) is 0 Å². The van der Waals surface area contributed by atoms with Crippen LogP contribution in [-0.4, -0.2) is 16.7 Å². The Balaban J connectivity index is 1.90. The number of methoxy groups -OCH3 is 1. The topological polar surface area (TPSA) is 56.1 Å². The summed E-state index contributed by atoms with van der Waals surface area (Å²) in [6.45, 7) is 4.50. The fourth-order valence-corrected chi connectivity index (χ4v) is 2.85. The Hall–Kier alpha value is -3.08. The second-order valence-corrected chi connectivity index (χ2v) is 5.96. The number of hydrogen-bond donors (Lipinski definition) is 1. The first-order chi connectivity index (χ1) is 12.1. The highest BCUT2D eigenvalue weighted by atomic mass is 16.5. The molecule has 1 N–H and O–H groups in total. The van der Waals surface area contributed by atoms with E-state index < -0.39 is 0 Å². The fourth-order valence-electron chi connectivity index (χ4n) is 2.85. The highest BCUT2D eigenvalue weighted by Crippen LogP contribution is 2.18. The third kappa shape index (κ3) is 3.71. The Morgan fingerprint density at radius 1 is 1.12 bits per heavy atom. The minimum Gasteiger partial charge on any atom is -0.496 e. The number of rotatable bonds is 5. The van der Waals surface area contributed by atoms with Crippen LogP contribution in [0.2, 0.25) is 0 Å². The average molecular weight is 335 g/mol. The van der Waals surface area contributed by atoms with Crippen molar-refractivity contribution in [3.8, 4) is 11.4 Å². The van der Waals surface area contributed by atoms with E-state index in [9.17, 15) is 4.79 Å². The fraction of sp³-hybridized carbons (Fsp3) is 0.200. The van der Waals surface area contributed by atoms with Gasteiger partial charge in [0.2, 0.25) is 0 Å². The van der Waals surface area contributed by atoms with Gasteiger partial charge in [0.25, 0.3) is 5.56 Å². The van der Waals surface area contributed by atoms with E-state index in [0.717, 1.165) is 28.1 Å². The van der Waals surface area contributed by atoms with Gasteiger partial charge in [-0.1, -0.05) is 24.3 Å². The normalized spacial score (nSPS) is 10.5. The Morgan fingerprint density at radius 3 is 2.56 bits per heavy atom. The van der Waals surface area contributed by atoms with Gasteiger partial charge in [0.15, 0.2) is 5.82 Å². The maximum atomic E-state index is 12.8. The highest BCUT2D eigenvalue weighted by molar-refractivity contribution is 5.43. The predicted octanol–water partition coefficient (Wildman–Crippen LogP) is 3.47. The van der Waals surface area contributed by atoms with E-state index in [1.165, 1.54) is 0 Å². The minimum absolute atomic E-state index is 0.178. The van der Waals surface area contributed by atoms with Gasteiger partial charge in [-0.15, -0.1) is 0 Å². The lowest BCUT2D eigenvalue weighted by atomic mass is 10.1. The second-order valence-electron chi connectivity index (χ2n) is 5.96. The molecule has 0 aliphatic rings. The molecule has 0 fully saturated rings. The van der Waals surface area contributed by atoms with Crippen LogP contribution in [0.15, 0.2) is 59.7 Å². The van der Waals surface area contributed by atoms with Gasteiger partial charge < -0.3 is 10.1 Å². The summed E-state index contributed by atoms with van der Waals surface area (Å²) < 4.78 is 6.95. The van der Waals surface area contributed by atoms with E-state index in [0.29, 0.717) is 12.4 Å². The first-order valence-corrected chi connectivity index (χ1v) is 8.10. The van der Waals surface area contributed by atoms with E-state index in [1.807, 2.05) is 50.2 Å². The van der Waals surface area contributed by atoms with Crippen LogP contribution in [0.3, 0.4) is 0 Å². The van der Waals surface area contributed by atoms with Crippen molar-refractivity contribution >= 4 is 5.82 Å². The molecule has 2 aromatic carbocycles. The van der Waals surface area contributed by atoms with Crippen molar-refractivity contribution in [2.75, 3.05) is 12.4 Å². The second kappa shape index (κ2) is 7.21. The Kier molecular flexibility index (Phi) is 4.84. The first-order valence-electron chi connectivity index (χ1n) is 8.10. The molecule has 0 saturated heterocycles.